The van der Waals surface area contributed by atoms with Gasteiger partial charge in [0.05, 0.1) is 11.1 Å². The molecular weight excluding hydrogens is 200 g/mol. The molecule has 0 spiro atoms. The number of ketones is 1. The maximum absolute atomic E-state index is 11.0. The third kappa shape index (κ3) is 2.07. The van der Waals surface area contributed by atoms with Gasteiger partial charge in [0.25, 0.3) is 0 Å². The van der Waals surface area contributed by atoms with Crippen LogP contribution in [0.1, 0.15) is 30.1 Å². The molecule has 0 amide bonds. The van der Waals surface area contributed by atoms with Crippen LogP contribution in [-0.2, 0) is 0 Å². The van der Waals surface area contributed by atoms with E-state index in [1.165, 1.54) is 6.92 Å². The lowest BCUT2D eigenvalue weighted by atomic mass is 10.1. The second kappa shape index (κ2) is 3.62. The van der Waals surface area contributed by atoms with Gasteiger partial charge in [-0.1, -0.05) is 11.6 Å². The zero-order chi connectivity index (χ0) is 10.1. The normalized spacial score (nSPS) is 15.3. The summed E-state index contributed by atoms with van der Waals surface area (Å²) in [5, 5.41) is 0.518. The summed E-state index contributed by atoms with van der Waals surface area (Å²) in [6, 6.07) is 5.16. The minimum absolute atomic E-state index is 0.0184. The molecule has 0 saturated heterocycles. The van der Waals surface area contributed by atoms with E-state index < -0.39 is 0 Å². The second-order valence-corrected chi connectivity index (χ2v) is 3.93. The molecule has 0 heterocycles. The molecule has 0 N–H and O–H groups in total. The molecule has 14 heavy (non-hydrogen) atoms. The fraction of sp³-hybridized carbons (Fsp3) is 0.364. The van der Waals surface area contributed by atoms with Gasteiger partial charge in [0.15, 0.2) is 5.78 Å². The summed E-state index contributed by atoms with van der Waals surface area (Å²) in [5.41, 5.74) is 0.623. The molecule has 74 valence electrons. The van der Waals surface area contributed by atoms with E-state index in [1.54, 1.807) is 18.2 Å². The van der Waals surface area contributed by atoms with E-state index in [0.717, 1.165) is 12.8 Å². The smallest absolute Gasteiger partial charge is 0.159 e. The van der Waals surface area contributed by atoms with Crippen LogP contribution in [0.5, 0.6) is 5.75 Å². The third-order valence-corrected chi connectivity index (χ3v) is 2.45. The van der Waals surface area contributed by atoms with Crippen LogP contribution >= 0.6 is 11.6 Å². The summed E-state index contributed by atoms with van der Waals surface area (Å²) in [6.07, 6.45) is 2.53. The van der Waals surface area contributed by atoms with E-state index in [2.05, 4.69) is 0 Å². The van der Waals surface area contributed by atoms with Gasteiger partial charge in [-0.05, 0) is 38.0 Å². The van der Waals surface area contributed by atoms with E-state index in [4.69, 9.17) is 16.3 Å². The number of rotatable bonds is 3. The Bertz CT molecular complexity index is 370. The van der Waals surface area contributed by atoms with Crippen LogP contribution in [0.3, 0.4) is 0 Å². The highest BCUT2D eigenvalue weighted by molar-refractivity contribution is 6.32. The minimum atomic E-state index is 0.0184. The molecule has 0 unspecified atom stereocenters. The number of halogens is 1. The molecule has 1 aromatic carbocycles. The topological polar surface area (TPSA) is 26.3 Å². The van der Waals surface area contributed by atoms with Gasteiger partial charge in [-0.15, -0.1) is 0 Å². The van der Waals surface area contributed by atoms with Gasteiger partial charge in [-0.25, -0.2) is 0 Å². The van der Waals surface area contributed by atoms with Crippen LogP contribution in [0.25, 0.3) is 0 Å². The van der Waals surface area contributed by atoms with E-state index in [9.17, 15) is 4.79 Å². The largest absolute Gasteiger partial charge is 0.489 e. The van der Waals surface area contributed by atoms with Crippen molar-refractivity contribution in [2.75, 3.05) is 0 Å². The molecular formula is C11H11ClO2. The SMILES string of the molecule is CC(=O)c1ccc(OC2CC2)c(Cl)c1. The Balaban J connectivity index is 2.21. The summed E-state index contributed by atoms with van der Waals surface area (Å²) in [7, 11) is 0. The maximum Gasteiger partial charge on any atom is 0.159 e. The van der Waals surface area contributed by atoms with Crippen molar-refractivity contribution in [3.63, 3.8) is 0 Å². The van der Waals surface area contributed by atoms with Gasteiger partial charge >= 0.3 is 0 Å². The van der Waals surface area contributed by atoms with Crippen molar-refractivity contribution in [3.8, 4) is 5.75 Å². The number of benzene rings is 1. The number of carbonyl (C=O) groups excluding carboxylic acids is 1. The van der Waals surface area contributed by atoms with Crippen LogP contribution in [0.2, 0.25) is 5.02 Å². The monoisotopic (exact) mass is 210 g/mol. The fourth-order valence-electron chi connectivity index (χ4n) is 1.18. The zero-order valence-electron chi connectivity index (χ0n) is 7.92. The first-order valence-corrected chi connectivity index (χ1v) is 5.02. The van der Waals surface area contributed by atoms with E-state index in [-0.39, 0.29) is 5.78 Å². The Morgan fingerprint density at radius 1 is 1.50 bits per heavy atom. The van der Waals surface area contributed by atoms with Gasteiger partial charge in [0.1, 0.15) is 5.75 Å². The molecule has 1 saturated carbocycles. The lowest BCUT2D eigenvalue weighted by Crippen LogP contribution is -1.98. The van der Waals surface area contributed by atoms with E-state index in [0.29, 0.717) is 22.4 Å². The molecule has 0 aromatic heterocycles. The Kier molecular flexibility index (Phi) is 2.46. The molecule has 2 rings (SSSR count). The van der Waals surface area contributed by atoms with Crippen molar-refractivity contribution in [3.05, 3.63) is 28.8 Å². The van der Waals surface area contributed by atoms with Crippen molar-refractivity contribution in [2.24, 2.45) is 0 Å². The number of hydrogen-bond acceptors (Lipinski definition) is 2. The van der Waals surface area contributed by atoms with Crippen molar-refractivity contribution in [2.45, 2.75) is 25.9 Å². The number of carbonyl (C=O) groups is 1. The first-order chi connectivity index (χ1) is 6.66. The molecule has 2 nitrogen and oxygen atoms in total. The number of Topliss-reactive ketones (excluding diaryl/α,β-unsaturated/α-hetero) is 1. The number of hydrogen-bond donors (Lipinski definition) is 0. The van der Waals surface area contributed by atoms with Gasteiger partial charge < -0.3 is 4.74 Å². The molecule has 0 radical (unpaired) electrons. The average molecular weight is 211 g/mol. The van der Waals surface area contributed by atoms with Crippen LogP contribution in [-0.4, -0.2) is 11.9 Å². The highest BCUT2D eigenvalue weighted by Crippen LogP contribution is 2.32. The average Bonchev–Trinajstić information content (AvgIpc) is 2.92. The molecule has 1 aromatic rings. The molecule has 0 aliphatic heterocycles. The first kappa shape index (κ1) is 9.53. The molecule has 0 bridgehead atoms. The van der Waals surface area contributed by atoms with Crippen molar-refractivity contribution in [1.29, 1.82) is 0 Å². The standard InChI is InChI=1S/C11H11ClO2/c1-7(13)8-2-5-11(10(12)6-8)14-9-3-4-9/h2,5-6,9H,3-4H2,1H3. The molecule has 0 atom stereocenters. The highest BCUT2D eigenvalue weighted by Gasteiger charge is 2.24. The Morgan fingerprint density at radius 3 is 2.71 bits per heavy atom. The lowest BCUT2D eigenvalue weighted by Gasteiger charge is -2.06. The quantitative estimate of drug-likeness (QED) is 0.717. The molecule has 3 heteroatoms. The molecule has 1 aliphatic carbocycles. The van der Waals surface area contributed by atoms with Gasteiger partial charge in [0.2, 0.25) is 0 Å². The Labute approximate surface area is 87.8 Å². The summed E-state index contributed by atoms with van der Waals surface area (Å²) >= 11 is 5.97. The zero-order valence-corrected chi connectivity index (χ0v) is 8.67. The molecule has 1 fully saturated rings. The van der Waals surface area contributed by atoms with Gasteiger partial charge in [-0.3, -0.25) is 4.79 Å². The Morgan fingerprint density at radius 2 is 2.21 bits per heavy atom. The van der Waals surface area contributed by atoms with Gasteiger partial charge in [-0.2, -0.15) is 0 Å². The molecule has 1 aliphatic rings. The maximum atomic E-state index is 11.0. The summed E-state index contributed by atoms with van der Waals surface area (Å²) in [5.74, 6) is 0.698. The first-order valence-electron chi connectivity index (χ1n) is 4.64. The van der Waals surface area contributed by atoms with Crippen molar-refractivity contribution in [1.82, 2.24) is 0 Å². The predicted octanol–water partition coefficient (Wildman–Crippen LogP) is 3.08. The van der Waals surface area contributed by atoms with Crippen molar-refractivity contribution < 1.29 is 9.53 Å². The van der Waals surface area contributed by atoms with E-state index >= 15 is 0 Å². The van der Waals surface area contributed by atoms with Gasteiger partial charge in [0, 0.05) is 5.56 Å². The summed E-state index contributed by atoms with van der Waals surface area (Å²) in [6.45, 7) is 1.52. The van der Waals surface area contributed by atoms with Crippen molar-refractivity contribution >= 4 is 17.4 Å². The predicted molar refractivity (Wildman–Crippen MR) is 55.1 cm³/mol. The van der Waals surface area contributed by atoms with E-state index in [1.807, 2.05) is 0 Å². The van der Waals surface area contributed by atoms with Crippen LogP contribution in [0, 0.1) is 0 Å². The van der Waals surface area contributed by atoms with Crippen LogP contribution < -0.4 is 4.74 Å². The minimum Gasteiger partial charge on any atom is -0.489 e. The second-order valence-electron chi connectivity index (χ2n) is 3.52. The lowest BCUT2D eigenvalue weighted by molar-refractivity contribution is 0.101. The summed E-state index contributed by atoms with van der Waals surface area (Å²) < 4.78 is 5.55. The highest BCUT2D eigenvalue weighted by atomic mass is 35.5. The summed E-state index contributed by atoms with van der Waals surface area (Å²) in [4.78, 5) is 11.0. The Hall–Kier alpha value is -1.02. The van der Waals surface area contributed by atoms with Crippen LogP contribution in [0.4, 0.5) is 0 Å². The number of ether oxygens (including phenoxy) is 1. The third-order valence-electron chi connectivity index (χ3n) is 2.16. The van der Waals surface area contributed by atoms with Crippen LogP contribution in [0.15, 0.2) is 18.2 Å². The fourth-order valence-corrected chi connectivity index (χ4v) is 1.41.